The summed E-state index contributed by atoms with van der Waals surface area (Å²) in [4.78, 5) is 14.4. The molecule has 0 aliphatic carbocycles. The minimum atomic E-state index is -0.262. The molecular formula is C19H16FNO2S2. The van der Waals surface area contributed by atoms with Gasteiger partial charge in [-0.15, -0.1) is 0 Å². The molecule has 0 unspecified atom stereocenters. The molecule has 128 valence electrons. The molecular weight excluding hydrogens is 357 g/mol. The summed E-state index contributed by atoms with van der Waals surface area (Å²) in [5.41, 5.74) is 1.81. The summed E-state index contributed by atoms with van der Waals surface area (Å²) >= 11 is 6.52. The molecule has 1 aliphatic heterocycles. The van der Waals surface area contributed by atoms with Crippen molar-refractivity contribution in [2.24, 2.45) is 0 Å². The van der Waals surface area contributed by atoms with Gasteiger partial charge in [-0.3, -0.25) is 9.69 Å². The molecule has 0 atom stereocenters. The number of ether oxygens (including phenoxy) is 1. The van der Waals surface area contributed by atoms with Gasteiger partial charge in [-0.25, -0.2) is 4.39 Å². The van der Waals surface area contributed by atoms with Crippen LogP contribution in [0.1, 0.15) is 18.1 Å². The van der Waals surface area contributed by atoms with Gasteiger partial charge in [-0.05, 0) is 48.4 Å². The Morgan fingerprint density at radius 1 is 1.16 bits per heavy atom. The second kappa shape index (κ2) is 7.80. The number of likely N-dealkylation sites (N-methyl/N-ethyl adjacent to an activating group) is 1. The van der Waals surface area contributed by atoms with Crippen LogP contribution in [-0.2, 0) is 11.4 Å². The van der Waals surface area contributed by atoms with E-state index in [0.717, 1.165) is 11.1 Å². The average Bonchev–Trinajstić information content (AvgIpc) is 2.88. The van der Waals surface area contributed by atoms with Gasteiger partial charge in [0.15, 0.2) is 0 Å². The maximum absolute atomic E-state index is 12.9. The first-order valence-corrected chi connectivity index (χ1v) is 9.02. The molecule has 25 heavy (non-hydrogen) atoms. The monoisotopic (exact) mass is 373 g/mol. The van der Waals surface area contributed by atoms with Gasteiger partial charge in [0.25, 0.3) is 5.91 Å². The fourth-order valence-electron chi connectivity index (χ4n) is 2.33. The Kier molecular flexibility index (Phi) is 5.50. The third-order valence-electron chi connectivity index (χ3n) is 3.69. The van der Waals surface area contributed by atoms with Crippen molar-refractivity contribution in [1.82, 2.24) is 4.90 Å². The normalized spacial score (nSPS) is 15.9. The van der Waals surface area contributed by atoms with E-state index in [1.54, 1.807) is 17.0 Å². The van der Waals surface area contributed by atoms with E-state index in [4.69, 9.17) is 17.0 Å². The number of hydrogen-bond acceptors (Lipinski definition) is 4. The molecule has 1 fully saturated rings. The first-order valence-electron chi connectivity index (χ1n) is 7.79. The Balaban J connectivity index is 1.64. The van der Waals surface area contributed by atoms with Crippen LogP contribution in [-0.4, -0.2) is 21.7 Å². The number of thioether (sulfide) groups is 1. The Bertz CT molecular complexity index is 816. The molecule has 6 heteroatoms. The van der Waals surface area contributed by atoms with Crippen LogP contribution >= 0.6 is 24.0 Å². The Morgan fingerprint density at radius 3 is 2.44 bits per heavy atom. The van der Waals surface area contributed by atoms with Crippen LogP contribution in [0.25, 0.3) is 6.08 Å². The highest BCUT2D eigenvalue weighted by molar-refractivity contribution is 8.26. The minimum absolute atomic E-state index is 0.0471. The van der Waals surface area contributed by atoms with Crippen LogP contribution in [0.4, 0.5) is 4.39 Å². The highest BCUT2D eigenvalue weighted by Gasteiger charge is 2.30. The summed E-state index contributed by atoms with van der Waals surface area (Å²) in [6, 6.07) is 13.7. The van der Waals surface area contributed by atoms with E-state index in [2.05, 4.69) is 0 Å². The maximum Gasteiger partial charge on any atom is 0.266 e. The quantitative estimate of drug-likeness (QED) is 0.565. The smallest absolute Gasteiger partial charge is 0.266 e. The lowest BCUT2D eigenvalue weighted by molar-refractivity contribution is -0.121. The molecule has 0 N–H and O–H groups in total. The molecule has 1 heterocycles. The maximum atomic E-state index is 12.9. The molecule has 1 aliphatic rings. The Morgan fingerprint density at radius 2 is 1.84 bits per heavy atom. The zero-order valence-electron chi connectivity index (χ0n) is 13.6. The lowest BCUT2D eigenvalue weighted by Gasteiger charge is -2.09. The highest BCUT2D eigenvalue weighted by Crippen LogP contribution is 2.32. The van der Waals surface area contributed by atoms with Crippen molar-refractivity contribution < 1.29 is 13.9 Å². The van der Waals surface area contributed by atoms with Crippen molar-refractivity contribution in [3.05, 3.63) is 70.4 Å². The third kappa shape index (κ3) is 4.27. The molecule has 0 radical (unpaired) electrons. The lowest BCUT2D eigenvalue weighted by atomic mass is 10.2. The molecule has 3 rings (SSSR count). The van der Waals surface area contributed by atoms with E-state index in [9.17, 15) is 9.18 Å². The topological polar surface area (TPSA) is 29.5 Å². The summed E-state index contributed by atoms with van der Waals surface area (Å²) in [7, 11) is 0. The van der Waals surface area contributed by atoms with Crippen molar-refractivity contribution in [1.29, 1.82) is 0 Å². The number of carbonyl (C=O) groups excluding carboxylic acids is 1. The average molecular weight is 373 g/mol. The summed E-state index contributed by atoms with van der Waals surface area (Å²) in [6.45, 7) is 2.86. The Hall–Kier alpha value is -2.18. The molecule has 0 saturated carbocycles. The van der Waals surface area contributed by atoms with Gasteiger partial charge in [-0.1, -0.05) is 48.2 Å². The van der Waals surface area contributed by atoms with Gasteiger partial charge in [0.1, 0.15) is 22.5 Å². The largest absolute Gasteiger partial charge is 0.489 e. The van der Waals surface area contributed by atoms with Crippen molar-refractivity contribution >= 4 is 40.3 Å². The van der Waals surface area contributed by atoms with Crippen LogP contribution in [0.15, 0.2) is 53.4 Å². The highest BCUT2D eigenvalue weighted by atomic mass is 32.2. The molecule has 3 nitrogen and oxygen atoms in total. The van der Waals surface area contributed by atoms with Gasteiger partial charge in [0, 0.05) is 6.54 Å². The number of rotatable bonds is 5. The molecule has 1 saturated heterocycles. The number of nitrogens with zero attached hydrogens (tertiary/aromatic N) is 1. The summed E-state index contributed by atoms with van der Waals surface area (Å²) in [5.74, 6) is 0.401. The minimum Gasteiger partial charge on any atom is -0.489 e. The van der Waals surface area contributed by atoms with Crippen molar-refractivity contribution in [3.63, 3.8) is 0 Å². The van der Waals surface area contributed by atoms with Crippen molar-refractivity contribution in [2.75, 3.05) is 6.54 Å². The van der Waals surface area contributed by atoms with Crippen LogP contribution < -0.4 is 4.74 Å². The second-order valence-electron chi connectivity index (χ2n) is 5.41. The lowest BCUT2D eigenvalue weighted by Crippen LogP contribution is -2.27. The number of carbonyl (C=O) groups is 1. The first-order chi connectivity index (χ1) is 12.1. The predicted molar refractivity (Wildman–Crippen MR) is 103 cm³/mol. The molecule has 0 aromatic heterocycles. The van der Waals surface area contributed by atoms with Gasteiger partial charge >= 0.3 is 0 Å². The Labute approximate surface area is 155 Å². The van der Waals surface area contributed by atoms with E-state index >= 15 is 0 Å². The number of halogens is 1. The number of benzene rings is 2. The molecule has 1 amide bonds. The van der Waals surface area contributed by atoms with Gasteiger partial charge in [0.05, 0.1) is 4.91 Å². The van der Waals surface area contributed by atoms with Crippen molar-refractivity contribution in [2.45, 2.75) is 13.5 Å². The molecule has 2 aromatic carbocycles. The van der Waals surface area contributed by atoms with E-state index in [1.807, 2.05) is 37.3 Å². The molecule has 2 aromatic rings. The van der Waals surface area contributed by atoms with Crippen LogP contribution in [0.3, 0.4) is 0 Å². The van der Waals surface area contributed by atoms with Crippen LogP contribution in [0, 0.1) is 5.82 Å². The first kappa shape index (κ1) is 17.6. The van der Waals surface area contributed by atoms with E-state index in [1.165, 1.54) is 23.9 Å². The van der Waals surface area contributed by atoms with Crippen LogP contribution in [0.5, 0.6) is 5.75 Å². The van der Waals surface area contributed by atoms with Gasteiger partial charge < -0.3 is 4.74 Å². The van der Waals surface area contributed by atoms with E-state index in [0.29, 0.717) is 28.1 Å². The van der Waals surface area contributed by atoms with Crippen molar-refractivity contribution in [3.8, 4) is 5.75 Å². The molecule has 0 bridgehead atoms. The predicted octanol–water partition coefficient (Wildman–Crippen LogP) is 4.63. The fourth-order valence-corrected chi connectivity index (χ4v) is 3.72. The summed E-state index contributed by atoms with van der Waals surface area (Å²) in [5, 5.41) is 0. The van der Waals surface area contributed by atoms with Gasteiger partial charge in [-0.2, -0.15) is 0 Å². The third-order valence-corrected chi connectivity index (χ3v) is 5.06. The SMILES string of the molecule is CCN1C(=O)/C(=C/c2ccc(OCc3ccc(F)cc3)cc2)SC1=S. The van der Waals surface area contributed by atoms with Gasteiger partial charge in [0.2, 0.25) is 0 Å². The summed E-state index contributed by atoms with van der Waals surface area (Å²) in [6.07, 6.45) is 1.83. The summed E-state index contributed by atoms with van der Waals surface area (Å²) < 4.78 is 19.2. The number of amides is 1. The van der Waals surface area contributed by atoms with Crippen LogP contribution in [0.2, 0.25) is 0 Å². The molecule has 0 spiro atoms. The number of thiocarbonyl (C=S) groups is 1. The van der Waals surface area contributed by atoms with E-state index < -0.39 is 0 Å². The second-order valence-corrected chi connectivity index (χ2v) is 7.09. The van der Waals surface area contributed by atoms with E-state index in [-0.39, 0.29) is 11.7 Å². The zero-order valence-corrected chi connectivity index (χ0v) is 15.2. The number of hydrogen-bond donors (Lipinski definition) is 0. The fraction of sp³-hybridized carbons (Fsp3) is 0.158. The zero-order chi connectivity index (χ0) is 17.8. The standard InChI is InChI=1S/C19H16FNO2S2/c1-2-21-18(22)17(25-19(21)24)11-13-5-9-16(10-6-13)23-12-14-3-7-15(20)8-4-14/h3-11H,2,12H2,1H3/b17-11-.